The number of hydrogen-bond donors (Lipinski definition) is 0. The van der Waals surface area contributed by atoms with Gasteiger partial charge in [-0.05, 0) is 48.4 Å². The van der Waals surface area contributed by atoms with Crippen molar-refractivity contribution in [3.05, 3.63) is 54.2 Å². The molecule has 2 aromatic carbocycles. The lowest BCUT2D eigenvalue weighted by Crippen LogP contribution is -1.86. The Morgan fingerprint density at radius 3 is 2.55 bits per heavy atom. The molecular formula is C18H17NO2S. The van der Waals surface area contributed by atoms with Crippen molar-refractivity contribution >= 4 is 11.3 Å². The summed E-state index contributed by atoms with van der Waals surface area (Å²) in [5.41, 5.74) is 3.35. The first-order chi connectivity index (χ1) is 10.7. The third kappa shape index (κ3) is 2.83. The number of thiazole rings is 1. The van der Waals surface area contributed by atoms with Gasteiger partial charge in [0, 0.05) is 11.8 Å². The lowest BCUT2D eigenvalue weighted by Gasteiger charge is -2.05. The quantitative estimate of drug-likeness (QED) is 0.693. The van der Waals surface area contributed by atoms with Crippen LogP contribution in [0.4, 0.5) is 0 Å². The molecule has 0 aliphatic rings. The van der Waals surface area contributed by atoms with Crippen molar-refractivity contribution in [1.82, 2.24) is 4.98 Å². The van der Waals surface area contributed by atoms with Gasteiger partial charge in [0.15, 0.2) is 0 Å². The molecule has 0 saturated heterocycles. The fourth-order valence-electron chi connectivity index (χ4n) is 2.33. The number of benzene rings is 2. The van der Waals surface area contributed by atoms with E-state index >= 15 is 0 Å². The average Bonchev–Trinajstić information content (AvgIpc) is 3.05. The van der Waals surface area contributed by atoms with Crippen LogP contribution in [0.3, 0.4) is 0 Å². The largest absolute Gasteiger partial charge is 0.497 e. The summed E-state index contributed by atoms with van der Waals surface area (Å²) in [6, 6.07) is 14.1. The number of aromatic nitrogens is 1. The molecule has 0 unspecified atom stereocenters. The molecule has 3 rings (SSSR count). The summed E-state index contributed by atoms with van der Waals surface area (Å²) < 4.78 is 10.6. The molecule has 0 spiro atoms. The minimum atomic E-state index is 0.842. The highest BCUT2D eigenvalue weighted by molar-refractivity contribution is 7.18. The van der Waals surface area contributed by atoms with Crippen LogP contribution < -0.4 is 9.47 Å². The van der Waals surface area contributed by atoms with Gasteiger partial charge < -0.3 is 9.47 Å². The Balaban J connectivity index is 1.94. The van der Waals surface area contributed by atoms with Crippen LogP contribution in [0.2, 0.25) is 0 Å². The van der Waals surface area contributed by atoms with Gasteiger partial charge in [-0.3, -0.25) is 0 Å². The van der Waals surface area contributed by atoms with Gasteiger partial charge in [-0.2, -0.15) is 0 Å². The maximum Gasteiger partial charge on any atom is 0.124 e. The van der Waals surface area contributed by atoms with Gasteiger partial charge in [-0.1, -0.05) is 12.1 Å². The Hall–Kier alpha value is -2.33. The highest BCUT2D eigenvalue weighted by Crippen LogP contribution is 2.34. The number of nitrogens with zero attached hydrogens (tertiary/aromatic N) is 1. The highest BCUT2D eigenvalue weighted by atomic mass is 32.1. The molecule has 1 heterocycles. The topological polar surface area (TPSA) is 31.4 Å². The lowest BCUT2D eigenvalue weighted by atomic mass is 10.1. The van der Waals surface area contributed by atoms with E-state index in [0.717, 1.165) is 38.1 Å². The van der Waals surface area contributed by atoms with Crippen LogP contribution >= 0.6 is 11.3 Å². The molecule has 0 atom stereocenters. The highest BCUT2D eigenvalue weighted by Gasteiger charge is 2.09. The van der Waals surface area contributed by atoms with Crippen molar-refractivity contribution in [1.29, 1.82) is 0 Å². The van der Waals surface area contributed by atoms with E-state index in [1.807, 2.05) is 43.5 Å². The van der Waals surface area contributed by atoms with Gasteiger partial charge in [-0.25, -0.2) is 4.98 Å². The number of aryl methyl sites for hydroxylation is 1. The summed E-state index contributed by atoms with van der Waals surface area (Å²) in [6.45, 7) is 2.05. The van der Waals surface area contributed by atoms with Gasteiger partial charge >= 0.3 is 0 Å². The molecule has 0 radical (unpaired) electrons. The Kier molecular flexibility index (Phi) is 4.11. The van der Waals surface area contributed by atoms with Crippen molar-refractivity contribution in [2.45, 2.75) is 6.92 Å². The minimum Gasteiger partial charge on any atom is -0.497 e. The van der Waals surface area contributed by atoms with Crippen LogP contribution in [0.5, 0.6) is 11.5 Å². The standard InChI is InChI=1S/C18H17NO2S/c1-12-9-13(7-8-16(12)21-3)17-11-19-18(22-17)14-5-4-6-15(10-14)20-2/h4-11H,1-3H3. The van der Waals surface area contributed by atoms with E-state index in [9.17, 15) is 0 Å². The van der Waals surface area contributed by atoms with E-state index < -0.39 is 0 Å². The van der Waals surface area contributed by atoms with Crippen LogP contribution in [0.25, 0.3) is 21.0 Å². The van der Waals surface area contributed by atoms with Crippen molar-refractivity contribution < 1.29 is 9.47 Å². The van der Waals surface area contributed by atoms with Crippen LogP contribution in [0.15, 0.2) is 48.7 Å². The second-order valence-corrected chi connectivity index (χ2v) is 5.98. The second-order valence-electron chi connectivity index (χ2n) is 4.95. The van der Waals surface area contributed by atoms with Crippen LogP contribution in [-0.4, -0.2) is 19.2 Å². The van der Waals surface area contributed by atoms with Crippen LogP contribution in [-0.2, 0) is 0 Å². The Labute approximate surface area is 134 Å². The molecule has 3 aromatic rings. The number of hydrogen-bond acceptors (Lipinski definition) is 4. The number of rotatable bonds is 4. The molecule has 4 heteroatoms. The zero-order valence-corrected chi connectivity index (χ0v) is 13.6. The normalized spacial score (nSPS) is 10.5. The van der Waals surface area contributed by atoms with E-state index in [-0.39, 0.29) is 0 Å². The Morgan fingerprint density at radius 1 is 0.955 bits per heavy atom. The molecule has 22 heavy (non-hydrogen) atoms. The van der Waals surface area contributed by atoms with Crippen molar-refractivity contribution in [2.24, 2.45) is 0 Å². The predicted octanol–water partition coefficient (Wildman–Crippen LogP) is 4.80. The van der Waals surface area contributed by atoms with Gasteiger partial charge in [0.1, 0.15) is 16.5 Å². The molecule has 0 saturated carbocycles. The van der Waals surface area contributed by atoms with E-state index in [1.54, 1.807) is 25.6 Å². The summed E-state index contributed by atoms with van der Waals surface area (Å²) in [7, 11) is 3.36. The molecule has 0 aliphatic heterocycles. The molecule has 0 aliphatic carbocycles. The van der Waals surface area contributed by atoms with E-state index in [0.29, 0.717) is 0 Å². The molecule has 0 fully saturated rings. The average molecular weight is 311 g/mol. The SMILES string of the molecule is COc1cccc(-c2ncc(-c3ccc(OC)c(C)c3)s2)c1. The Bertz CT molecular complexity index is 795. The maximum atomic E-state index is 5.31. The molecule has 112 valence electrons. The number of methoxy groups -OCH3 is 2. The van der Waals surface area contributed by atoms with Gasteiger partial charge in [0.25, 0.3) is 0 Å². The minimum absolute atomic E-state index is 0.842. The third-order valence-corrected chi connectivity index (χ3v) is 4.60. The number of ether oxygens (including phenoxy) is 2. The lowest BCUT2D eigenvalue weighted by molar-refractivity contribution is 0.412. The zero-order valence-electron chi connectivity index (χ0n) is 12.8. The zero-order chi connectivity index (χ0) is 15.5. The summed E-state index contributed by atoms with van der Waals surface area (Å²) in [4.78, 5) is 5.68. The van der Waals surface area contributed by atoms with Crippen molar-refractivity contribution in [3.8, 4) is 32.5 Å². The second kappa shape index (κ2) is 6.20. The first kappa shape index (κ1) is 14.6. The van der Waals surface area contributed by atoms with Gasteiger partial charge in [0.2, 0.25) is 0 Å². The molecule has 0 amide bonds. The van der Waals surface area contributed by atoms with E-state index in [2.05, 4.69) is 17.1 Å². The fourth-order valence-corrected chi connectivity index (χ4v) is 3.24. The fraction of sp³-hybridized carbons (Fsp3) is 0.167. The monoisotopic (exact) mass is 311 g/mol. The van der Waals surface area contributed by atoms with Crippen LogP contribution in [0.1, 0.15) is 5.56 Å². The van der Waals surface area contributed by atoms with Gasteiger partial charge in [-0.15, -0.1) is 11.3 Å². The molecule has 0 bridgehead atoms. The third-order valence-electron chi connectivity index (χ3n) is 3.50. The molecular weight excluding hydrogens is 294 g/mol. The van der Waals surface area contributed by atoms with Crippen molar-refractivity contribution in [3.63, 3.8) is 0 Å². The summed E-state index contributed by atoms with van der Waals surface area (Å²) in [5, 5.41) is 0.988. The molecule has 1 aromatic heterocycles. The molecule has 3 nitrogen and oxygen atoms in total. The van der Waals surface area contributed by atoms with Crippen molar-refractivity contribution in [2.75, 3.05) is 14.2 Å². The smallest absolute Gasteiger partial charge is 0.124 e. The van der Waals surface area contributed by atoms with Gasteiger partial charge in [0.05, 0.1) is 19.1 Å². The Morgan fingerprint density at radius 2 is 1.82 bits per heavy atom. The summed E-state index contributed by atoms with van der Waals surface area (Å²) >= 11 is 1.67. The predicted molar refractivity (Wildman–Crippen MR) is 90.8 cm³/mol. The van der Waals surface area contributed by atoms with E-state index in [1.165, 1.54) is 0 Å². The summed E-state index contributed by atoms with van der Waals surface area (Å²) in [5.74, 6) is 1.75. The summed E-state index contributed by atoms with van der Waals surface area (Å²) in [6.07, 6.45) is 1.92. The first-order valence-electron chi connectivity index (χ1n) is 6.96. The van der Waals surface area contributed by atoms with E-state index in [4.69, 9.17) is 9.47 Å². The first-order valence-corrected chi connectivity index (χ1v) is 7.78. The molecule has 0 N–H and O–H groups in total. The maximum absolute atomic E-state index is 5.31. The van der Waals surface area contributed by atoms with Crippen LogP contribution in [0, 0.1) is 6.92 Å².